The Hall–Kier alpha value is -3.32. The van der Waals surface area contributed by atoms with Gasteiger partial charge in [-0.2, -0.15) is 0 Å². The number of aliphatic hydroxyl groups excluding tert-OH is 1. The molecule has 0 aromatic heterocycles. The van der Waals surface area contributed by atoms with Crippen LogP contribution in [0.2, 0.25) is 0 Å². The lowest BCUT2D eigenvalue weighted by molar-refractivity contribution is -0.139. The van der Waals surface area contributed by atoms with Gasteiger partial charge in [0.05, 0.1) is 24.8 Å². The normalized spacial score (nSPS) is 17.3. The van der Waals surface area contributed by atoms with Gasteiger partial charge >= 0.3 is 0 Å². The van der Waals surface area contributed by atoms with Gasteiger partial charge in [-0.15, -0.1) is 0 Å². The predicted octanol–water partition coefficient (Wildman–Crippen LogP) is 4.56. The lowest BCUT2D eigenvalue weighted by Crippen LogP contribution is -2.32. The van der Waals surface area contributed by atoms with E-state index in [9.17, 15) is 14.7 Å². The molecule has 0 spiro atoms. The lowest BCUT2D eigenvalue weighted by Gasteiger charge is -2.26. The van der Waals surface area contributed by atoms with Crippen LogP contribution in [0.4, 0.5) is 0 Å². The molecule has 35 heavy (non-hydrogen) atoms. The predicted molar refractivity (Wildman–Crippen MR) is 137 cm³/mol. The average Bonchev–Trinajstić information content (AvgIpc) is 3.08. The Morgan fingerprint density at radius 2 is 1.86 bits per heavy atom. The van der Waals surface area contributed by atoms with Crippen LogP contribution in [0, 0.1) is 6.92 Å². The van der Waals surface area contributed by atoms with Crippen molar-refractivity contribution in [2.24, 2.45) is 0 Å². The van der Waals surface area contributed by atoms with E-state index >= 15 is 0 Å². The number of aliphatic hydroxyl groups is 1. The number of ketones is 1. The zero-order valence-corrected chi connectivity index (χ0v) is 21.3. The molecule has 0 bridgehead atoms. The molecule has 1 amide bonds. The van der Waals surface area contributed by atoms with Gasteiger partial charge in [-0.05, 0) is 88.8 Å². The molecule has 3 rings (SSSR count). The fraction of sp³-hybridized carbons (Fsp3) is 0.429. The van der Waals surface area contributed by atoms with E-state index in [1.807, 2.05) is 64.0 Å². The molecule has 0 aliphatic carbocycles. The Balaban J connectivity index is 2.08. The molecule has 1 fully saturated rings. The Kier molecular flexibility index (Phi) is 8.93. The zero-order valence-electron chi connectivity index (χ0n) is 21.3. The first-order valence-electron chi connectivity index (χ1n) is 12.2. The minimum absolute atomic E-state index is 0.0927. The number of ether oxygens (including phenoxy) is 2. The summed E-state index contributed by atoms with van der Waals surface area (Å²) in [6.07, 6.45) is 1.59. The first kappa shape index (κ1) is 26.3. The van der Waals surface area contributed by atoms with E-state index < -0.39 is 17.7 Å². The second kappa shape index (κ2) is 11.9. The summed E-state index contributed by atoms with van der Waals surface area (Å²) < 4.78 is 11.4. The third kappa shape index (κ3) is 6.03. The van der Waals surface area contributed by atoms with E-state index in [2.05, 4.69) is 0 Å². The van der Waals surface area contributed by atoms with Crippen molar-refractivity contribution in [3.05, 3.63) is 64.7 Å². The van der Waals surface area contributed by atoms with Crippen LogP contribution in [0.25, 0.3) is 5.76 Å². The summed E-state index contributed by atoms with van der Waals surface area (Å²) in [5.74, 6) is -0.0825. The van der Waals surface area contributed by atoms with Gasteiger partial charge in [0.25, 0.3) is 11.7 Å². The van der Waals surface area contributed by atoms with Gasteiger partial charge in [0.15, 0.2) is 0 Å². The molecule has 7 heteroatoms. The molecule has 2 aromatic carbocycles. The van der Waals surface area contributed by atoms with E-state index in [0.29, 0.717) is 37.5 Å². The summed E-state index contributed by atoms with van der Waals surface area (Å²) in [6, 6.07) is 12.0. The molecule has 1 unspecified atom stereocenters. The largest absolute Gasteiger partial charge is 0.507 e. The van der Waals surface area contributed by atoms with Gasteiger partial charge in [0.1, 0.15) is 17.3 Å². The van der Waals surface area contributed by atoms with Crippen molar-refractivity contribution in [1.82, 2.24) is 9.80 Å². The standard InChI is InChI=1S/C28H36N2O5/c1-6-16-35-23-13-12-21(17-19(23)3)26(31)24-25(20-10-8-11-22(18-20)34-7-2)30(28(33)27(24)32)15-9-14-29(4)5/h8,10-13,17-18,25,31H,6-7,9,14-16H2,1-5H3/b26-24+. The molecule has 0 radical (unpaired) electrons. The molecule has 188 valence electrons. The molecular weight excluding hydrogens is 444 g/mol. The van der Waals surface area contributed by atoms with Crippen molar-refractivity contribution in [2.45, 2.75) is 39.7 Å². The Morgan fingerprint density at radius 1 is 1.09 bits per heavy atom. The smallest absolute Gasteiger partial charge is 0.295 e. The highest BCUT2D eigenvalue weighted by atomic mass is 16.5. The van der Waals surface area contributed by atoms with E-state index in [-0.39, 0.29) is 11.3 Å². The molecule has 1 saturated heterocycles. The van der Waals surface area contributed by atoms with Gasteiger partial charge < -0.3 is 24.4 Å². The first-order chi connectivity index (χ1) is 16.8. The van der Waals surface area contributed by atoms with Gasteiger partial charge in [0.2, 0.25) is 0 Å². The minimum atomic E-state index is -0.700. The average molecular weight is 481 g/mol. The number of likely N-dealkylation sites (tertiary alicyclic amines) is 1. The number of amides is 1. The van der Waals surface area contributed by atoms with Crippen LogP contribution in [-0.2, 0) is 9.59 Å². The number of Topliss-reactive ketones (excluding diaryl/α,β-unsaturated/α-hetero) is 1. The summed E-state index contributed by atoms with van der Waals surface area (Å²) in [5.41, 5.74) is 2.14. The first-order valence-corrected chi connectivity index (χ1v) is 12.2. The lowest BCUT2D eigenvalue weighted by atomic mass is 9.94. The SMILES string of the molecule is CCCOc1ccc(/C(O)=C2\C(=O)C(=O)N(CCCN(C)C)C2c2cccc(OCC)c2)cc1C. The van der Waals surface area contributed by atoms with Crippen molar-refractivity contribution >= 4 is 17.4 Å². The van der Waals surface area contributed by atoms with Crippen LogP contribution in [-0.4, -0.2) is 67.0 Å². The number of hydrogen-bond acceptors (Lipinski definition) is 6. The van der Waals surface area contributed by atoms with Crippen LogP contribution < -0.4 is 9.47 Å². The maximum atomic E-state index is 13.2. The molecule has 1 aliphatic rings. The molecular formula is C28H36N2O5. The van der Waals surface area contributed by atoms with Gasteiger partial charge in [-0.3, -0.25) is 9.59 Å². The van der Waals surface area contributed by atoms with E-state index in [1.165, 1.54) is 0 Å². The Labute approximate surface area is 207 Å². The third-order valence-corrected chi connectivity index (χ3v) is 5.94. The number of benzene rings is 2. The van der Waals surface area contributed by atoms with E-state index in [4.69, 9.17) is 9.47 Å². The van der Waals surface area contributed by atoms with Crippen molar-refractivity contribution in [3.8, 4) is 11.5 Å². The Bertz CT molecular complexity index is 1090. The monoisotopic (exact) mass is 480 g/mol. The summed E-state index contributed by atoms with van der Waals surface area (Å²) in [4.78, 5) is 30.0. The number of rotatable bonds is 11. The van der Waals surface area contributed by atoms with Crippen molar-refractivity contribution in [2.75, 3.05) is 40.4 Å². The summed E-state index contributed by atoms with van der Waals surface area (Å²) >= 11 is 0. The molecule has 1 heterocycles. The van der Waals surface area contributed by atoms with Crippen LogP contribution in [0.15, 0.2) is 48.0 Å². The summed E-state index contributed by atoms with van der Waals surface area (Å²) in [7, 11) is 3.93. The summed E-state index contributed by atoms with van der Waals surface area (Å²) in [5, 5.41) is 11.3. The molecule has 2 aromatic rings. The fourth-order valence-corrected chi connectivity index (χ4v) is 4.28. The quantitative estimate of drug-likeness (QED) is 0.289. The number of nitrogens with zero attached hydrogens (tertiary/aromatic N) is 2. The van der Waals surface area contributed by atoms with E-state index in [1.54, 1.807) is 23.1 Å². The van der Waals surface area contributed by atoms with Crippen LogP contribution in [0.5, 0.6) is 11.5 Å². The van der Waals surface area contributed by atoms with Gasteiger partial charge in [-0.25, -0.2) is 0 Å². The number of hydrogen-bond donors (Lipinski definition) is 1. The molecule has 0 saturated carbocycles. The van der Waals surface area contributed by atoms with Crippen molar-refractivity contribution in [1.29, 1.82) is 0 Å². The van der Waals surface area contributed by atoms with E-state index in [0.717, 1.165) is 29.8 Å². The highest BCUT2D eigenvalue weighted by Gasteiger charge is 2.45. The van der Waals surface area contributed by atoms with Crippen LogP contribution in [0.3, 0.4) is 0 Å². The molecule has 1 atom stereocenters. The summed E-state index contributed by atoms with van der Waals surface area (Å²) in [6.45, 7) is 8.09. The minimum Gasteiger partial charge on any atom is -0.507 e. The van der Waals surface area contributed by atoms with Gasteiger partial charge in [0, 0.05) is 12.1 Å². The topological polar surface area (TPSA) is 79.3 Å². The third-order valence-electron chi connectivity index (χ3n) is 5.94. The van der Waals surface area contributed by atoms with Crippen molar-refractivity contribution in [3.63, 3.8) is 0 Å². The highest BCUT2D eigenvalue weighted by molar-refractivity contribution is 6.46. The van der Waals surface area contributed by atoms with Crippen molar-refractivity contribution < 1.29 is 24.2 Å². The van der Waals surface area contributed by atoms with Gasteiger partial charge in [-0.1, -0.05) is 19.1 Å². The highest BCUT2D eigenvalue weighted by Crippen LogP contribution is 2.40. The maximum absolute atomic E-state index is 13.2. The molecule has 1 N–H and O–H groups in total. The number of carbonyl (C=O) groups is 2. The number of carbonyl (C=O) groups excluding carboxylic acids is 2. The number of aryl methyl sites for hydroxylation is 1. The zero-order chi connectivity index (χ0) is 25.5. The van der Waals surface area contributed by atoms with Crippen LogP contribution in [0.1, 0.15) is 49.4 Å². The second-order valence-electron chi connectivity index (χ2n) is 8.98. The maximum Gasteiger partial charge on any atom is 0.295 e. The molecule has 7 nitrogen and oxygen atoms in total. The molecule has 1 aliphatic heterocycles. The fourth-order valence-electron chi connectivity index (χ4n) is 4.28. The Morgan fingerprint density at radius 3 is 2.51 bits per heavy atom. The van der Waals surface area contributed by atoms with Crippen LogP contribution >= 0.6 is 0 Å². The second-order valence-corrected chi connectivity index (χ2v) is 8.98.